The molecule has 4 heterocycles. The lowest BCUT2D eigenvalue weighted by Crippen LogP contribution is -2.60. The van der Waals surface area contributed by atoms with Crippen LogP contribution in [-0.4, -0.2) is 91.9 Å². The lowest BCUT2D eigenvalue weighted by Gasteiger charge is -2.45. The number of nitrogens with zero attached hydrogens (tertiary/aromatic N) is 3. The summed E-state index contributed by atoms with van der Waals surface area (Å²) in [5.74, 6) is -1.50. The van der Waals surface area contributed by atoms with Crippen LogP contribution in [0.3, 0.4) is 0 Å². The molecular weight excluding hydrogens is 450 g/mol. The molecule has 2 fully saturated rings. The maximum absolute atomic E-state index is 14.4. The number of hydrogen-bond donors (Lipinski definition) is 1. The van der Waals surface area contributed by atoms with Crippen LogP contribution in [0.25, 0.3) is 0 Å². The number of fused-ring (bicyclic) bond motifs is 2. The molecule has 4 aliphatic rings. The molecule has 0 aromatic heterocycles. The van der Waals surface area contributed by atoms with Crippen LogP contribution in [0.2, 0.25) is 0 Å². The molecule has 6 atom stereocenters. The Labute approximate surface area is 207 Å². The van der Waals surface area contributed by atoms with E-state index in [9.17, 15) is 19.5 Å². The summed E-state index contributed by atoms with van der Waals surface area (Å²) in [6, 6.07) is -1.27. The van der Waals surface area contributed by atoms with Crippen molar-refractivity contribution in [3.05, 3.63) is 24.3 Å². The van der Waals surface area contributed by atoms with Crippen molar-refractivity contribution in [1.29, 1.82) is 0 Å². The summed E-state index contributed by atoms with van der Waals surface area (Å²) in [5.41, 5.74) is -0.412. The first-order valence-corrected chi connectivity index (χ1v) is 13.1. The van der Waals surface area contributed by atoms with Gasteiger partial charge in [0.05, 0.1) is 29.2 Å². The van der Waals surface area contributed by atoms with E-state index in [1.165, 1.54) is 0 Å². The Bertz CT molecular complexity index is 939. The van der Waals surface area contributed by atoms with Gasteiger partial charge in [0.1, 0.15) is 6.04 Å². The van der Waals surface area contributed by atoms with E-state index in [0.717, 1.165) is 6.42 Å². The van der Waals surface area contributed by atoms with Crippen LogP contribution >= 0.6 is 11.8 Å². The molecule has 4 aliphatic heterocycles. The summed E-state index contributed by atoms with van der Waals surface area (Å²) in [7, 11) is 1.76. The van der Waals surface area contributed by atoms with Crippen molar-refractivity contribution in [2.24, 2.45) is 17.3 Å². The van der Waals surface area contributed by atoms with Gasteiger partial charge in [0.15, 0.2) is 0 Å². The Morgan fingerprint density at radius 1 is 1.09 bits per heavy atom. The highest BCUT2D eigenvalue weighted by Crippen LogP contribution is 2.61. The molecular formula is C26H39N3O4S. The van der Waals surface area contributed by atoms with Crippen molar-refractivity contribution in [2.75, 3.05) is 26.7 Å². The van der Waals surface area contributed by atoms with Crippen molar-refractivity contribution < 1.29 is 19.5 Å². The number of carbonyl (C=O) groups is 3. The Morgan fingerprint density at radius 2 is 1.76 bits per heavy atom. The zero-order chi connectivity index (χ0) is 25.2. The average Bonchev–Trinajstić information content (AvgIpc) is 3.05. The minimum absolute atomic E-state index is 0.0146. The molecule has 0 radical (unpaired) electrons. The Hall–Kier alpha value is -1.80. The first-order valence-electron chi connectivity index (χ1n) is 12.3. The van der Waals surface area contributed by atoms with Gasteiger partial charge in [-0.3, -0.25) is 14.4 Å². The van der Waals surface area contributed by atoms with Crippen molar-refractivity contribution >= 4 is 29.5 Å². The van der Waals surface area contributed by atoms with Crippen LogP contribution in [0, 0.1) is 17.3 Å². The Kier molecular flexibility index (Phi) is 6.25. The molecule has 1 spiro atoms. The van der Waals surface area contributed by atoms with Crippen LogP contribution in [-0.2, 0) is 14.4 Å². The number of likely N-dealkylation sites (N-methyl/N-ethyl adjacent to an activating group) is 1. The highest BCUT2D eigenvalue weighted by atomic mass is 32.2. The number of thioether (sulfide) groups is 1. The first-order chi connectivity index (χ1) is 15.7. The molecule has 2 saturated heterocycles. The lowest BCUT2D eigenvalue weighted by molar-refractivity contribution is -0.149. The van der Waals surface area contributed by atoms with Gasteiger partial charge < -0.3 is 19.8 Å². The molecule has 34 heavy (non-hydrogen) atoms. The monoisotopic (exact) mass is 489 g/mol. The smallest absolute Gasteiger partial charge is 0.247 e. The second-order valence-electron chi connectivity index (χ2n) is 12.2. The van der Waals surface area contributed by atoms with Crippen LogP contribution in [0.15, 0.2) is 24.3 Å². The molecule has 7 nitrogen and oxygen atoms in total. The predicted octanol–water partition coefficient (Wildman–Crippen LogP) is 2.31. The van der Waals surface area contributed by atoms with Gasteiger partial charge in [-0.25, -0.2) is 0 Å². The third-order valence-electron chi connectivity index (χ3n) is 7.73. The summed E-state index contributed by atoms with van der Waals surface area (Å²) in [4.78, 5) is 47.0. The molecule has 0 aliphatic carbocycles. The minimum atomic E-state index is -0.836. The number of aliphatic hydroxyl groups excluding tert-OH is 1. The van der Waals surface area contributed by atoms with Crippen molar-refractivity contribution in [3.63, 3.8) is 0 Å². The van der Waals surface area contributed by atoms with E-state index in [4.69, 9.17) is 0 Å². The highest BCUT2D eigenvalue weighted by Gasteiger charge is 2.71. The summed E-state index contributed by atoms with van der Waals surface area (Å²) >= 11 is 1.58. The molecule has 0 saturated carbocycles. The molecule has 0 aromatic rings. The number of amides is 3. The molecule has 188 valence electrons. The van der Waals surface area contributed by atoms with Crippen molar-refractivity contribution in [2.45, 2.75) is 75.6 Å². The van der Waals surface area contributed by atoms with Gasteiger partial charge in [0.2, 0.25) is 17.7 Å². The van der Waals surface area contributed by atoms with Crippen LogP contribution in [0.4, 0.5) is 0 Å². The molecule has 1 N–H and O–H groups in total. The van der Waals surface area contributed by atoms with E-state index in [1.54, 1.807) is 35.5 Å². The van der Waals surface area contributed by atoms with Crippen LogP contribution < -0.4 is 0 Å². The molecule has 0 bridgehead atoms. The van der Waals surface area contributed by atoms with Gasteiger partial charge in [-0.05, 0) is 32.6 Å². The minimum Gasteiger partial charge on any atom is -0.394 e. The standard InChI is InChI=1S/C26H39N3O4S/c1-16(14-30)29-20-23(33)28(25(5,6)15-24(2,3)4)13-9-11-26(20)19(22(29)32)18-17(34-26)10-8-12-27(7)21(18)31/h8-11,16-20,30H,12-15H2,1-7H3/t16-,17-,18+,19+,20?,26+/m1/s1. The largest absolute Gasteiger partial charge is 0.394 e. The molecule has 0 aromatic carbocycles. The predicted molar refractivity (Wildman–Crippen MR) is 134 cm³/mol. The van der Waals surface area contributed by atoms with Crippen molar-refractivity contribution in [1.82, 2.24) is 14.7 Å². The van der Waals surface area contributed by atoms with Gasteiger partial charge in [-0.1, -0.05) is 45.1 Å². The van der Waals surface area contributed by atoms with Gasteiger partial charge in [0.25, 0.3) is 0 Å². The number of hydrogen-bond acceptors (Lipinski definition) is 5. The normalized spacial score (nSPS) is 34.7. The number of aliphatic hydroxyl groups is 1. The maximum atomic E-state index is 14.4. The van der Waals surface area contributed by atoms with E-state index in [2.05, 4.69) is 34.6 Å². The fourth-order valence-corrected chi connectivity index (χ4v) is 8.70. The number of rotatable bonds is 4. The van der Waals surface area contributed by atoms with E-state index in [-0.39, 0.29) is 35.0 Å². The van der Waals surface area contributed by atoms with Gasteiger partial charge in [-0.2, -0.15) is 0 Å². The average molecular weight is 490 g/mol. The molecule has 8 heteroatoms. The highest BCUT2D eigenvalue weighted by molar-refractivity contribution is 8.02. The van der Waals surface area contributed by atoms with Gasteiger partial charge >= 0.3 is 0 Å². The number of likely N-dealkylation sites (tertiary alicyclic amines) is 1. The summed E-state index contributed by atoms with van der Waals surface area (Å²) in [6.07, 6.45) is 8.89. The van der Waals surface area contributed by atoms with E-state index in [0.29, 0.717) is 13.1 Å². The van der Waals surface area contributed by atoms with Crippen molar-refractivity contribution in [3.8, 4) is 0 Å². The fraction of sp³-hybridized carbons (Fsp3) is 0.731. The molecule has 1 unspecified atom stereocenters. The van der Waals surface area contributed by atoms with Crippen LogP contribution in [0.5, 0.6) is 0 Å². The van der Waals surface area contributed by atoms with Gasteiger partial charge in [0, 0.05) is 30.9 Å². The summed E-state index contributed by atoms with van der Waals surface area (Å²) in [5, 5.41) is 9.88. The third kappa shape index (κ3) is 3.81. The lowest BCUT2D eigenvalue weighted by atomic mass is 9.77. The topological polar surface area (TPSA) is 81.2 Å². The maximum Gasteiger partial charge on any atom is 0.247 e. The van der Waals surface area contributed by atoms with E-state index in [1.807, 2.05) is 29.2 Å². The van der Waals surface area contributed by atoms with Crippen LogP contribution in [0.1, 0.15) is 48.0 Å². The Balaban J connectivity index is 1.83. The van der Waals surface area contributed by atoms with E-state index >= 15 is 0 Å². The molecule has 4 rings (SSSR count). The fourth-order valence-electron chi connectivity index (χ4n) is 6.70. The second kappa shape index (κ2) is 8.40. The summed E-state index contributed by atoms with van der Waals surface area (Å²) < 4.78 is -0.836. The zero-order valence-electron chi connectivity index (χ0n) is 21.4. The van der Waals surface area contributed by atoms with E-state index < -0.39 is 34.2 Å². The zero-order valence-corrected chi connectivity index (χ0v) is 22.3. The summed E-state index contributed by atoms with van der Waals surface area (Å²) in [6.45, 7) is 13.2. The second-order valence-corrected chi connectivity index (χ2v) is 13.7. The Morgan fingerprint density at radius 3 is 2.38 bits per heavy atom. The van der Waals surface area contributed by atoms with Gasteiger partial charge in [-0.15, -0.1) is 11.8 Å². The third-order valence-corrected chi connectivity index (χ3v) is 9.47. The molecule has 3 amide bonds. The first kappa shape index (κ1) is 25.3. The quantitative estimate of drug-likeness (QED) is 0.613. The SMILES string of the molecule is C[C@H](CO)N1C(=O)[C@@H]2[C@H]3C(=O)N(C)CC=C[C@H]3S[C@@]23C=CCN(C(C)(C)CC(C)(C)C)C(=O)C13. The number of carbonyl (C=O) groups excluding carboxylic acids is 3.